The number of imide groups is 1. The molecule has 0 spiro atoms. The number of rotatable bonds is 6. The van der Waals surface area contributed by atoms with Crippen molar-refractivity contribution in [2.45, 2.75) is 31.8 Å². The number of hydrogen-bond donors (Lipinski definition) is 1. The van der Waals surface area contributed by atoms with Crippen LogP contribution in [0.5, 0.6) is 0 Å². The summed E-state index contributed by atoms with van der Waals surface area (Å²) in [6.07, 6.45) is 1.83. The van der Waals surface area contributed by atoms with Crippen LogP contribution in [0.4, 0.5) is 5.82 Å². The summed E-state index contributed by atoms with van der Waals surface area (Å²) in [5.41, 5.74) is 2.10. The van der Waals surface area contributed by atoms with Crippen LogP contribution in [0.25, 0.3) is 11.4 Å². The lowest BCUT2D eigenvalue weighted by Crippen LogP contribution is -2.46. The quantitative estimate of drug-likeness (QED) is 0.514. The average molecular weight is 499 g/mol. The summed E-state index contributed by atoms with van der Waals surface area (Å²) in [5.74, 6) is 0.517. The first-order valence-corrected chi connectivity index (χ1v) is 12.1. The molecule has 176 valence electrons. The molecule has 0 saturated carbocycles. The highest BCUT2D eigenvalue weighted by Gasteiger charge is 2.44. The standard InChI is InChI=1S/C25H24Cl2N4O3/c26-18-9-7-16(8-10-18)15-31-21-23(28-22(31)17-4-1-5-19(27)14-17)29-11-2-6-20(29)24(33)30(25(21)34)12-3-13-32/h1,4-5,7-10,14,20,32H,2-3,6,11-13,15H2. The highest BCUT2D eigenvalue weighted by atomic mass is 35.5. The van der Waals surface area contributed by atoms with Crippen LogP contribution in [0.3, 0.4) is 0 Å². The van der Waals surface area contributed by atoms with Crippen molar-refractivity contribution < 1.29 is 14.7 Å². The maximum Gasteiger partial charge on any atom is 0.281 e. The summed E-state index contributed by atoms with van der Waals surface area (Å²) in [6, 6.07) is 14.4. The number of halogens is 2. The van der Waals surface area contributed by atoms with Crippen molar-refractivity contribution in [3.05, 3.63) is 69.8 Å². The fraction of sp³-hybridized carbons (Fsp3) is 0.320. The Hall–Kier alpha value is -2.87. The first-order chi connectivity index (χ1) is 16.5. The minimum absolute atomic E-state index is 0.101. The van der Waals surface area contributed by atoms with Crippen LogP contribution in [0.2, 0.25) is 10.0 Å². The van der Waals surface area contributed by atoms with Gasteiger partial charge in [0.15, 0.2) is 11.5 Å². The predicted octanol–water partition coefficient (Wildman–Crippen LogP) is 4.24. The molecule has 9 heteroatoms. The zero-order valence-electron chi connectivity index (χ0n) is 18.5. The van der Waals surface area contributed by atoms with E-state index in [1.807, 2.05) is 39.8 Å². The summed E-state index contributed by atoms with van der Waals surface area (Å²) in [6.45, 7) is 1.08. The van der Waals surface area contributed by atoms with Gasteiger partial charge in [0.1, 0.15) is 11.9 Å². The lowest BCUT2D eigenvalue weighted by atomic mass is 10.1. The molecule has 3 heterocycles. The number of carbonyl (C=O) groups excluding carboxylic acids is 2. The van der Waals surface area contributed by atoms with Crippen molar-refractivity contribution in [3.8, 4) is 11.4 Å². The monoisotopic (exact) mass is 498 g/mol. The van der Waals surface area contributed by atoms with Crippen molar-refractivity contribution in [2.75, 3.05) is 24.6 Å². The van der Waals surface area contributed by atoms with Crippen LogP contribution >= 0.6 is 23.2 Å². The Morgan fingerprint density at radius 1 is 1.06 bits per heavy atom. The maximum atomic E-state index is 13.8. The highest BCUT2D eigenvalue weighted by molar-refractivity contribution is 6.31. The fourth-order valence-electron chi connectivity index (χ4n) is 4.75. The largest absolute Gasteiger partial charge is 0.396 e. The number of aromatic nitrogens is 2. The number of hydrogen-bond acceptors (Lipinski definition) is 5. The summed E-state index contributed by atoms with van der Waals surface area (Å²) in [4.78, 5) is 35.4. The van der Waals surface area contributed by atoms with Crippen LogP contribution in [0.1, 0.15) is 35.3 Å². The summed E-state index contributed by atoms with van der Waals surface area (Å²) < 4.78 is 1.87. The molecule has 0 aliphatic carbocycles. The molecule has 1 N–H and O–H groups in total. The zero-order valence-corrected chi connectivity index (χ0v) is 20.0. The summed E-state index contributed by atoms with van der Waals surface area (Å²) >= 11 is 12.4. The summed E-state index contributed by atoms with van der Waals surface area (Å²) in [5, 5.41) is 10.6. The van der Waals surface area contributed by atoms with Crippen LogP contribution in [-0.2, 0) is 11.3 Å². The number of anilines is 1. The van der Waals surface area contributed by atoms with Gasteiger partial charge in [-0.05, 0) is 49.1 Å². The van der Waals surface area contributed by atoms with E-state index >= 15 is 0 Å². The Labute approximate surface area is 207 Å². The third-order valence-corrected chi connectivity index (χ3v) is 6.84. The molecule has 1 unspecified atom stereocenters. The van der Waals surface area contributed by atoms with Gasteiger partial charge in [0.2, 0.25) is 0 Å². The van der Waals surface area contributed by atoms with Gasteiger partial charge in [-0.3, -0.25) is 14.5 Å². The SMILES string of the molecule is O=C1c2c(nc(-c3cccc(Cl)c3)n2Cc2ccc(Cl)cc2)N2CCCC2C(=O)N1CCCO. The Morgan fingerprint density at radius 2 is 1.85 bits per heavy atom. The van der Waals surface area contributed by atoms with E-state index in [1.165, 1.54) is 4.90 Å². The molecule has 2 aromatic carbocycles. The number of imidazole rings is 1. The van der Waals surface area contributed by atoms with Crippen LogP contribution in [-0.4, -0.2) is 57.1 Å². The average Bonchev–Trinajstić information content (AvgIpc) is 3.43. The number of nitrogens with zero attached hydrogens (tertiary/aromatic N) is 4. The molecule has 7 nitrogen and oxygen atoms in total. The van der Waals surface area contributed by atoms with Crippen molar-refractivity contribution in [1.29, 1.82) is 0 Å². The van der Waals surface area contributed by atoms with E-state index in [4.69, 9.17) is 28.2 Å². The van der Waals surface area contributed by atoms with E-state index < -0.39 is 11.9 Å². The molecule has 0 radical (unpaired) electrons. The van der Waals surface area contributed by atoms with E-state index in [1.54, 1.807) is 18.2 Å². The minimum atomic E-state index is -0.435. The Morgan fingerprint density at radius 3 is 2.59 bits per heavy atom. The Balaban J connectivity index is 1.71. The highest BCUT2D eigenvalue weighted by Crippen LogP contribution is 2.37. The van der Waals surface area contributed by atoms with Gasteiger partial charge in [0.25, 0.3) is 11.8 Å². The molecule has 34 heavy (non-hydrogen) atoms. The van der Waals surface area contributed by atoms with Gasteiger partial charge >= 0.3 is 0 Å². The van der Waals surface area contributed by atoms with Crippen molar-refractivity contribution >= 4 is 40.8 Å². The molecule has 1 aromatic heterocycles. The van der Waals surface area contributed by atoms with Crippen molar-refractivity contribution in [2.24, 2.45) is 0 Å². The van der Waals surface area contributed by atoms with Crippen LogP contribution < -0.4 is 4.90 Å². The minimum Gasteiger partial charge on any atom is -0.396 e. The number of amides is 2. The molecule has 2 amide bonds. The van der Waals surface area contributed by atoms with Gasteiger partial charge in [0, 0.05) is 41.8 Å². The van der Waals surface area contributed by atoms with Gasteiger partial charge < -0.3 is 14.6 Å². The van der Waals surface area contributed by atoms with E-state index in [0.29, 0.717) is 53.3 Å². The number of benzene rings is 2. The maximum absolute atomic E-state index is 13.8. The van der Waals surface area contributed by atoms with Gasteiger partial charge in [-0.15, -0.1) is 0 Å². The number of carbonyl (C=O) groups is 2. The van der Waals surface area contributed by atoms with Gasteiger partial charge in [-0.1, -0.05) is 47.5 Å². The van der Waals surface area contributed by atoms with Crippen molar-refractivity contribution in [1.82, 2.24) is 14.5 Å². The van der Waals surface area contributed by atoms with Crippen LogP contribution in [0, 0.1) is 0 Å². The molecule has 2 aliphatic heterocycles. The Kier molecular flexibility index (Phi) is 6.34. The summed E-state index contributed by atoms with van der Waals surface area (Å²) in [7, 11) is 0. The zero-order chi connectivity index (χ0) is 23.8. The molecular formula is C25H24Cl2N4O3. The molecule has 1 saturated heterocycles. The molecule has 0 bridgehead atoms. The van der Waals surface area contributed by atoms with Gasteiger partial charge in [0.05, 0.1) is 0 Å². The first-order valence-electron chi connectivity index (χ1n) is 11.3. The third-order valence-electron chi connectivity index (χ3n) is 6.35. The van der Waals surface area contributed by atoms with E-state index in [2.05, 4.69) is 0 Å². The van der Waals surface area contributed by atoms with Crippen LogP contribution in [0.15, 0.2) is 48.5 Å². The molecule has 1 atom stereocenters. The molecule has 3 aromatic rings. The second-order valence-corrected chi connectivity index (χ2v) is 9.43. The lowest BCUT2D eigenvalue weighted by Gasteiger charge is -2.25. The van der Waals surface area contributed by atoms with Crippen molar-refractivity contribution in [3.63, 3.8) is 0 Å². The Bertz CT molecular complexity index is 1240. The van der Waals surface area contributed by atoms with Gasteiger partial charge in [-0.25, -0.2) is 4.98 Å². The molecule has 5 rings (SSSR count). The lowest BCUT2D eigenvalue weighted by molar-refractivity contribution is -0.129. The normalized spacial score (nSPS) is 17.7. The number of fused-ring (bicyclic) bond motifs is 3. The van der Waals surface area contributed by atoms with Gasteiger partial charge in [-0.2, -0.15) is 0 Å². The second kappa shape index (κ2) is 9.41. The topological polar surface area (TPSA) is 78.7 Å². The van der Waals surface area contributed by atoms with E-state index in [0.717, 1.165) is 17.5 Å². The van der Waals surface area contributed by atoms with E-state index in [-0.39, 0.29) is 19.1 Å². The third kappa shape index (κ3) is 4.08. The van der Waals surface area contributed by atoms with E-state index in [9.17, 15) is 14.7 Å². The molecule has 2 aliphatic rings. The predicted molar refractivity (Wildman–Crippen MR) is 131 cm³/mol. The number of aliphatic hydroxyl groups is 1. The second-order valence-electron chi connectivity index (χ2n) is 8.55. The fourth-order valence-corrected chi connectivity index (χ4v) is 5.07. The first kappa shape index (κ1) is 22.9. The molecular weight excluding hydrogens is 475 g/mol. The smallest absolute Gasteiger partial charge is 0.281 e. The number of aliphatic hydroxyl groups excluding tert-OH is 1. The molecule has 1 fully saturated rings.